The van der Waals surface area contributed by atoms with Crippen molar-refractivity contribution in [1.29, 1.82) is 0 Å². The Kier molecular flexibility index (Phi) is 5.72. The van der Waals surface area contributed by atoms with Gasteiger partial charge in [-0.25, -0.2) is 16.9 Å². The Hall–Kier alpha value is -4.07. The number of benzene rings is 6. The summed E-state index contributed by atoms with van der Waals surface area (Å²) in [6.07, 6.45) is 0. The van der Waals surface area contributed by atoms with E-state index in [0.29, 0.717) is 0 Å². The van der Waals surface area contributed by atoms with Gasteiger partial charge in [-0.15, -0.1) is 0 Å². The fourth-order valence-electron chi connectivity index (χ4n) is 6.08. The minimum absolute atomic E-state index is 0.162. The van der Waals surface area contributed by atoms with Crippen molar-refractivity contribution in [2.24, 2.45) is 0 Å². The molecular weight excluding hydrogens is 490 g/mol. The van der Waals surface area contributed by atoms with Gasteiger partial charge in [-0.05, 0) is 71.8 Å². The summed E-state index contributed by atoms with van der Waals surface area (Å²) in [4.78, 5) is 0. The molecule has 0 bridgehead atoms. The first-order chi connectivity index (χ1) is 19.1. The Morgan fingerprint density at radius 1 is 0.487 bits per heavy atom. The standard InChI is InChI=1S/C35H29BN2P/c1-25(2)39(36)37(28-15-5-3-6-16-28)32-23-21-26-13-9-11-19-30(26)34(32)35-31-20-12-10-14-27(31)22-24-33(35)38(39)29-17-7-4-8-18-29/h3-25H,1-2H3. The first-order valence-corrected chi connectivity index (χ1v) is 15.3. The van der Waals surface area contributed by atoms with E-state index in [1.54, 1.807) is 0 Å². The molecule has 6 aromatic rings. The van der Waals surface area contributed by atoms with Crippen LogP contribution in [0.4, 0.5) is 22.7 Å². The highest BCUT2D eigenvalue weighted by molar-refractivity contribution is 8.00. The second-order valence-electron chi connectivity index (χ2n) is 10.5. The van der Waals surface area contributed by atoms with E-state index in [1.165, 1.54) is 32.7 Å². The predicted octanol–water partition coefficient (Wildman–Crippen LogP) is 10.3. The first kappa shape index (κ1) is 24.0. The van der Waals surface area contributed by atoms with Crippen LogP contribution in [0.5, 0.6) is 0 Å². The number of anilines is 4. The van der Waals surface area contributed by atoms with Crippen LogP contribution in [0.15, 0.2) is 133 Å². The summed E-state index contributed by atoms with van der Waals surface area (Å²) in [5, 5.41) is 4.92. The second kappa shape index (κ2) is 9.29. The summed E-state index contributed by atoms with van der Waals surface area (Å²) in [5.74, 6) is 0. The molecule has 39 heavy (non-hydrogen) atoms. The minimum Gasteiger partial charge on any atom is -0.248 e. The Labute approximate surface area is 232 Å². The molecule has 4 heteroatoms. The van der Waals surface area contributed by atoms with Crippen LogP contribution in [0.1, 0.15) is 13.8 Å². The summed E-state index contributed by atoms with van der Waals surface area (Å²) in [7, 11) is 5.34. The molecule has 1 heterocycles. The number of hydrogen-bond acceptors (Lipinski definition) is 2. The maximum Gasteiger partial charge on any atom is 0.0843 e. The lowest BCUT2D eigenvalue weighted by atomic mass is 9.90. The third-order valence-electron chi connectivity index (χ3n) is 7.92. The van der Waals surface area contributed by atoms with Crippen LogP contribution >= 0.6 is 7.44 Å². The van der Waals surface area contributed by atoms with E-state index < -0.39 is 7.44 Å². The summed E-state index contributed by atoms with van der Waals surface area (Å²) in [6.45, 7) is 4.54. The molecule has 3 radical (unpaired) electrons. The number of para-hydroxylation sites is 2. The third-order valence-corrected chi connectivity index (χ3v) is 11.6. The van der Waals surface area contributed by atoms with Crippen LogP contribution in [0, 0.1) is 0 Å². The lowest BCUT2D eigenvalue weighted by molar-refractivity contribution is 1.06. The largest absolute Gasteiger partial charge is 0.248 e. The molecule has 0 amide bonds. The maximum atomic E-state index is 7.94. The fourth-order valence-corrected chi connectivity index (χ4v) is 9.21. The third kappa shape index (κ3) is 3.61. The van der Waals surface area contributed by atoms with Gasteiger partial charge >= 0.3 is 0 Å². The van der Waals surface area contributed by atoms with Crippen LogP contribution in [-0.4, -0.2) is 13.2 Å². The van der Waals surface area contributed by atoms with E-state index in [-0.39, 0.29) is 5.66 Å². The van der Waals surface area contributed by atoms with Gasteiger partial charge in [0.25, 0.3) is 0 Å². The normalized spacial score (nSPS) is 14.4. The average molecular weight is 519 g/mol. The Balaban J connectivity index is 1.74. The molecule has 0 N–H and O–H groups in total. The zero-order valence-corrected chi connectivity index (χ0v) is 23.1. The van der Waals surface area contributed by atoms with Gasteiger partial charge in [-0.2, -0.15) is 0 Å². The number of fused-ring (bicyclic) bond motifs is 7. The van der Waals surface area contributed by atoms with Crippen molar-refractivity contribution in [3.05, 3.63) is 133 Å². The van der Waals surface area contributed by atoms with Crippen molar-refractivity contribution in [3.63, 3.8) is 0 Å². The van der Waals surface area contributed by atoms with Crippen LogP contribution in [0.3, 0.4) is 0 Å². The highest BCUT2D eigenvalue weighted by Crippen LogP contribution is 2.75. The van der Waals surface area contributed by atoms with Crippen molar-refractivity contribution in [2.45, 2.75) is 19.5 Å². The van der Waals surface area contributed by atoms with Gasteiger partial charge in [0, 0.05) is 11.1 Å². The molecule has 0 spiro atoms. The van der Waals surface area contributed by atoms with E-state index in [1.807, 2.05) is 0 Å². The highest BCUT2D eigenvalue weighted by Gasteiger charge is 2.45. The Morgan fingerprint density at radius 3 is 1.28 bits per heavy atom. The van der Waals surface area contributed by atoms with E-state index >= 15 is 0 Å². The molecule has 6 aromatic carbocycles. The van der Waals surface area contributed by atoms with E-state index in [0.717, 1.165) is 22.7 Å². The smallest absolute Gasteiger partial charge is 0.0843 e. The Bertz CT molecular complexity index is 1690. The summed E-state index contributed by atoms with van der Waals surface area (Å²) in [5.41, 5.74) is 7.15. The Morgan fingerprint density at radius 2 is 0.872 bits per heavy atom. The summed E-state index contributed by atoms with van der Waals surface area (Å²) >= 11 is 0. The molecule has 0 saturated carbocycles. The molecule has 0 aromatic heterocycles. The van der Waals surface area contributed by atoms with Gasteiger partial charge < -0.3 is 0 Å². The topological polar surface area (TPSA) is 6.48 Å². The van der Waals surface area contributed by atoms with Crippen LogP contribution in [0.25, 0.3) is 32.7 Å². The average Bonchev–Trinajstić information content (AvgIpc) is 3.08. The monoisotopic (exact) mass is 519 g/mol. The molecule has 0 atom stereocenters. The maximum absolute atomic E-state index is 7.94. The number of nitrogens with zero attached hydrogens (tertiary/aromatic N) is 2. The molecule has 0 saturated heterocycles. The van der Waals surface area contributed by atoms with Gasteiger partial charge in [0.1, 0.15) is 0 Å². The van der Waals surface area contributed by atoms with Crippen molar-refractivity contribution in [3.8, 4) is 11.1 Å². The molecule has 1 aliphatic rings. The van der Waals surface area contributed by atoms with Gasteiger partial charge in [0.15, 0.2) is 0 Å². The first-order valence-electron chi connectivity index (χ1n) is 13.5. The molecule has 1 aliphatic heterocycles. The lowest BCUT2D eigenvalue weighted by Crippen LogP contribution is -2.35. The molecule has 0 fully saturated rings. The quantitative estimate of drug-likeness (QED) is 0.170. The highest BCUT2D eigenvalue weighted by atomic mass is 31.2. The molecule has 0 aliphatic carbocycles. The summed E-state index contributed by atoms with van der Waals surface area (Å²) in [6, 6.07) is 47.9. The van der Waals surface area contributed by atoms with Crippen LogP contribution in [0.2, 0.25) is 0 Å². The predicted molar refractivity (Wildman–Crippen MR) is 172 cm³/mol. The van der Waals surface area contributed by atoms with Crippen LogP contribution in [-0.2, 0) is 0 Å². The fraction of sp³-hybridized carbons (Fsp3) is 0.0857. The van der Waals surface area contributed by atoms with Gasteiger partial charge in [0.05, 0.1) is 28.4 Å². The second-order valence-corrected chi connectivity index (χ2v) is 13.7. The lowest BCUT2D eigenvalue weighted by Gasteiger charge is -2.55. The van der Waals surface area contributed by atoms with Crippen molar-refractivity contribution in [2.75, 3.05) is 9.34 Å². The molecule has 7 rings (SSSR count). The minimum atomic E-state index is -2.60. The molecule has 0 unspecified atom stereocenters. The zero-order chi connectivity index (χ0) is 26.6. The number of rotatable bonds is 3. The van der Waals surface area contributed by atoms with E-state index in [4.69, 9.17) is 7.57 Å². The summed E-state index contributed by atoms with van der Waals surface area (Å²) < 4.78 is 4.95. The SMILES string of the molecule is [B-][P+]1(C(C)C)N(c2ccccc2)c2ccc3ccccc3c2-c2c(ccc3ccccc23)N1c1ccccc1. The molecular formula is C35H29BN2P. The zero-order valence-electron chi connectivity index (χ0n) is 22.2. The van der Waals surface area contributed by atoms with Crippen molar-refractivity contribution >= 4 is 59.3 Å². The van der Waals surface area contributed by atoms with E-state index in [2.05, 4.69) is 157 Å². The van der Waals surface area contributed by atoms with Crippen LogP contribution < -0.4 is 9.34 Å². The van der Waals surface area contributed by atoms with Gasteiger partial charge in [0.2, 0.25) is 0 Å². The van der Waals surface area contributed by atoms with Gasteiger partial charge in [-0.3, -0.25) is 0 Å². The molecule has 2 nitrogen and oxygen atoms in total. The van der Waals surface area contributed by atoms with Crippen molar-refractivity contribution in [1.82, 2.24) is 0 Å². The van der Waals surface area contributed by atoms with Crippen molar-refractivity contribution < 1.29 is 0 Å². The van der Waals surface area contributed by atoms with E-state index in [9.17, 15) is 0 Å². The van der Waals surface area contributed by atoms with Gasteiger partial charge in [-0.1, -0.05) is 105 Å². The number of hydrogen-bond donors (Lipinski definition) is 0. The molecule has 187 valence electrons.